The number of guanidine groups is 1. The largest absolute Gasteiger partial charge is 0.376 e. The van der Waals surface area contributed by atoms with Crippen molar-refractivity contribution < 1.29 is 9.47 Å². The Balaban J connectivity index is 1.41. The molecule has 2 fully saturated rings. The minimum Gasteiger partial charge on any atom is -0.376 e. The smallest absolute Gasteiger partial charge is 0.193 e. The average Bonchev–Trinajstić information content (AvgIpc) is 2.70. The Bertz CT molecular complexity index is 628. The summed E-state index contributed by atoms with van der Waals surface area (Å²) < 4.78 is 11.9. The molecule has 0 radical (unpaired) electrons. The van der Waals surface area contributed by atoms with Crippen molar-refractivity contribution in [3.8, 4) is 0 Å². The van der Waals surface area contributed by atoms with Gasteiger partial charge in [0.15, 0.2) is 5.96 Å². The van der Waals surface area contributed by atoms with Gasteiger partial charge in [-0.1, -0.05) is 29.3 Å². The van der Waals surface area contributed by atoms with Gasteiger partial charge < -0.3 is 19.7 Å². The van der Waals surface area contributed by atoms with Gasteiger partial charge >= 0.3 is 0 Å². The second-order valence-corrected chi connectivity index (χ2v) is 7.99. The Morgan fingerprint density at radius 3 is 2.74 bits per heavy atom. The number of rotatable bonds is 5. The third-order valence-electron chi connectivity index (χ3n) is 5.20. The van der Waals surface area contributed by atoms with Gasteiger partial charge in [-0.3, -0.25) is 4.99 Å². The van der Waals surface area contributed by atoms with Gasteiger partial charge in [-0.15, -0.1) is 0 Å². The van der Waals surface area contributed by atoms with Crippen LogP contribution in [-0.2, 0) is 16.0 Å². The number of aliphatic imine (C=N–C) groups is 1. The molecule has 1 N–H and O–H groups in total. The first-order valence-corrected chi connectivity index (χ1v) is 10.5. The lowest BCUT2D eigenvalue weighted by atomic mass is 10.1. The molecule has 0 spiro atoms. The van der Waals surface area contributed by atoms with Gasteiger partial charge in [0.05, 0.1) is 18.8 Å². The molecule has 0 bridgehead atoms. The van der Waals surface area contributed by atoms with Crippen molar-refractivity contribution in [1.82, 2.24) is 10.2 Å². The highest BCUT2D eigenvalue weighted by molar-refractivity contribution is 6.35. The van der Waals surface area contributed by atoms with Crippen LogP contribution in [0.25, 0.3) is 0 Å². The minimum atomic E-state index is 0.287. The molecular formula is C20H29Cl2N3O2. The fourth-order valence-corrected chi connectivity index (χ4v) is 4.06. The van der Waals surface area contributed by atoms with Gasteiger partial charge in [0.25, 0.3) is 0 Å². The van der Waals surface area contributed by atoms with Crippen LogP contribution >= 0.6 is 23.2 Å². The van der Waals surface area contributed by atoms with E-state index in [2.05, 4.69) is 15.2 Å². The number of hydrogen-bond donors (Lipinski definition) is 1. The number of piperidine rings is 1. The molecule has 1 aromatic rings. The van der Waals surface area contributed by atoms with Crippen LogP contribution in [-0.4, -0.2) is 56.4 Å². The van der Waals surface area contributed by atoms with Gasteiger partial charge in [-0.2, -0.15) is 0 Å². The Kier molecular flexibility index (Phi) is 8.07. The number of benzene rings is 1. The molecule has 2 aliphatic rings. The van der Waals surface area contributed by atoms with E-state index in [0.717, 1.165) is 57.1 Å². The molecule has 0 aliphatic carbocycles. The molecule has 3 rings (SSSR count). The van der Waals surface area contributed by atoms with E-state index in [9.17, 15) is 0 Å². The first-order chi connectivity index (χ1) is 13.2. The van der Waals surface area contributed by atoms with Gasteiger partial charge in [0, 0.05) is 43.3 Å². The normalized spacial score (nSPS) is 22.1. The standard InChI is InChI=1S/C20H29Cl2N3O2/c1-23-20(24-13-15-5-6-16(21)12-19(15)22)25-9-7-17(8-10-25)27-14-18-4-2-3-11-26-18/h5-6,12,17-18H,2-4,7-11,13-14H2,1H3,(H,23,24). The fourth-order valence-electron chi connectivity index (χ4n) is 3.59. The molecule has 1 atom stereocenters. The maximum absolute atomic E-state index is 6.26. The van der Waals surface area contributed by atoms with Gasteiger partial charge in [-0.25, -0.2) is 0 Å². The number of ether oxygens (including phenoxy) is 2. The highest BCUT2D eigenvalue weighted by Crippen LogP contribution is 2.21. The van der Waals surface area contributed by atoms with Crippen molar-refractivity contribution >= 4 is 29.2 Å². The summed E-state index contributed by atoms with van der Waals surface area (Å²) in [6.07, 6.45) is 6.19. The average molecular weight is 414 g/mol. The maximum atomic E-state index is 6.26. The summed E-state index contributed by atoms with van der Waals surface area (Å²) in [6.45, 7) is 4.10. The molecule has 2 aliphatic heterocycles. The van der Waals surface area contributed by atoms with Crippen LogP contribution in [0.2, 0.25) is 10.0 Å². The highest BCUT2D eigenvalue weighted by atomic mass is 35.5. The van der Waals surface area contributed by atoms with E-state index in [4.69, 9.17) is 32.7 Å². The quantitative estimate of drug-likeness (QED) is 0.582. The first-order valence-electron chi connectivity index (χ1n) is 9.78. The molecule has 5 nitrogen and oxygen atoms in total. The summed E-state index contributed by atoms with van der Waals surface area (Å²) >= 11 is 12.2. The number of nitrogens with one attached hydrogen (secondary N) is 1. The van der Waals surface area contributed by atoms with Crippen molar-refractivity contribution in [2.75, 3.05) is 33.4 Å². The van der Waals surface area contributed by atoms with Crippen LogP contribution in [0.15, 0.2) is 23.2 Å². The first kappa shape index (κ1) is 20.7. The topological polar surface area (TPSA) is 46.1 Å². The van der Waals surface area contributed by atoms with Crippen LogP contribution in [0.5, 0.6) is 0 Å². The zero-order valence-electron chi connectivity index (χ0n) is 15.9. The Hall–Kier alpha value is -1.01. The van der Waals surface area contributed by atoms with Crippen LogP contribution in [0.3, 0.4) is 0 Å². The molecule has 2 saturated heterocycles. The highest BCUT2D eigenvalue weighted by Gasteiger charge is 2.23. The maximum Gasteiger partial charge on any atom is 0.193 e. The van der Waals surface area contributed by atoms with Crippen molar-refractivity contribution in [2.45, 2.75) is 50.9 Å². The molecular weight excluding hydrogens is 385 g/mol. The van der Waals surface area contributed by atoms with Crippen LogP contribution in [0, 0.1) is 0 Å². The lowest BCUT2D eigenvalue weighted by Gasteiger charge is -2.35. The Morgan fingerprint density at radius 1 is 1.26 bits per heavy atom. The van der Waals surface area contributed by atoms with Crippen LogP contribution in [0.4, 0.5) is 0 Å². The predicted octanol–water partition coefficient (Wildman–Crippen LogP) is 4.12. The second kappa shape index (κ2) is 10.5. The van der Waals surface area contributed by atoms with Crippen molar-refractivity contribution in [3.63, 3.8) is 0 Å². The van der Waals surface area contributed by atoms with Gasteiger partial charge in [0.2, 0.25) is 0 Å². The van der Waals surface area contributed by atoms with E-state index >= 15 is 0 Å². The zero-order chi connectivity index (χ0) is 19.1. The Labute approximate surface area is 172 Å². The molecule has 0 aromatic heterocycles. The molecule has 0 saturated carbocycles. The summed E-state index contributed by atoms with van der Waals surface area (Å²) in [5.41, 5.74) is 1.01. The fraction of sp³-hybridized carbons (Fsp3) is 0.650. The lowest BCUT2D eigenvalue weighted by Crippen LogP contribution is -2.47. The zero-order valence-corrected chi connectivity index (χ0v) is 17.4. The molecule has 1 aromatic carbocycles. The Morgan fingerprint density at radius 2 is 2.07 bits per heavy atom. The second-order valence-electron chi connectivity index (χ2n) is 7.14. The molecule has 0 amide bonds. The molecule has 7 heteroatoms. The summed E-state index contributed by atoms with van der Waals surface area (Å²) in [4.78, 5) is 6.70. The van der Waals surface area contributed by atoms with E-state index in [-0.39, 0.29) is 6.10 Å². The summed E-state index contributed by atoms with van der Waals surface area (Å²) in [5, 5.41) is 4.72. The van der Waals surface area contributed by atoms with Crippen molar-refractivity contribution in [2.24, 2.45) is 4.99 Å². The lowest BCUT2D eigenvalue weighted by molar-refractivity contribution is -0.0721. The number of halogens is 2. The van der Waals surface area contributed by atoms with Crippen LogP contribution in [0.1, 0.15) is 37.7 Å². The number of hydrogen-bond acceptors (Lipinski definition) is 3. The third kappa shape index (κ3) is 6.24. The minimum absolute atomic E-state index is 0.287. The summed E-state index contributed by atoms with van der Waals surface area (Å²) in [7, 11) is 1.81. The SMILES string of the molecule is CN=C(NCc1ccc(Cl)cc1Cl)N1CCC(OCC2CCCCO2)CC1. The van der Waals surface area contributed by atoms with Gasteiger partial charge in [0.1, 0.15) is 0 Å². The van der Waals surface area contributed by atoms with Crippen molar-refractivity contribution in [1.29, 1.82) is 0 Å². The van der Waals surface area contributed by atoms with Crippen molar-refractivity contribution in [3.05, 3.63) is 33.8 Å². The summed E-state index contributed by atoms with van der Waals surface area (Å²) in [5.74, 6) is 0.898. The van der Waals surface area contributed by atoms with E-state index < -0.39 is 0 Å². The monoisotopic (exact) mass is 413 g/mol. The van der Waals surface area contributed by atoms with Crippen LogP contribution < -0.4 is 5.32 Å². The van der Waals surface area contributed by atoms with E-state index in [0.29, 0.717) is 22.7 Å². The molecule has 27 heavy (non-hydrogen) atoms. The van der Waals surface area contributed by atoms with E-state index in [1.54, 1.807) is 6.07 Å². The molecule has 150 valence electrons. The van der Waals surface area contributed by atoms with E-state index in [1.807, 2.05) is 19.2 Å². The molecule has 2 heterocycles. The van der Waals surface area contributed by atoms with E-state index in [1.165, 1.54) is 12.8 Å². The number of nitrogens with zero attached hydrogens (tertiary/aromatic N) is 2. The predicted molar refractivity (Wildman–Crippen MR) is 111 cm³/mol. The summed E-state index contributed by atoms with van der Waals surface area (Å²) in [6, 6.07) is 5.56. The van der Waals surface area contributed by atoms with Gasteiger partial charge in [-0.05, 0) is 49.8 Å². The third-order valence-corrected chi connectivity index (χ3v) is 5.78. The number of likely N-dealkylation sites (tertiary alicyclic amines) is 1. The molecule has 1 unspecified atom stereocenters.